The van der Waals surface area contributed by atoms with E-state index in [1.54, 1.807) is 6.20 Å². The molecule has 1 unspecified atom stereocenters. The number of aromatic nitrogens is 4. The number of hydrogen-bond donors (Lipinski definition) is 2. The maximum atomic E-state index is 12.9. The summed E-state index contributed by atoms with van der Waals surface area (Å²) in [4.78, 5) is 14.8. The number of hydrogen-bond acceptors (Lipinski definition) is 3. The summed E-state index contributed by atoms with van der Waals surface area (Å²) >= 11 is 0. The fourth-order valence-corrected chi connectivity index (χ4v) is 2.91. The number of likely N-dealkylation sites (tertiary alicyclic amines) is 1. The van der Waals surface area contributed by atoms with Gasteiger partial charge in [-0.1, -0.05) is 20.8 Å². The van der Waals surface area contributed by atoms with Crippen LogP contribution in [0.4, 0.5) is 0 Å². The first-order valence-electron chi connectivity index (χ1n) is 7.83. The maximum absolute atomic E-state index is 12.9. The van der Waals surface area contributed by atoms with Crippen LogP contribution in [0.15, 0.2) is 18.3 Å². The Hall–Kier alpha value is -2.11. The van der Waals surface area contributed by atoms with Crippen LogP contribution in [0.2, 0.25) is 0 Å². The van der Waals surface area contributed by atoms with Crippen LogP contribution in [0.3, 0.4) is 0 Å². The van der Waals surface area contributed by atoms with Crippen LogP contribution in [0.1, 0.15) is 68.0 Å². The second kappa shape index (κ2) is 5.59. The molecule has 118 valence electrons. The highest BCUT2D eigenvalue weighted by Gasteiger charge is 2.31. The van der Waals surface area contributed by atoms with Crippen molar-refractivity contribution in [2.45, 2.75) is 51.5 Å². The van der Waals surface area contributed by atoms with Gasteiger partial charge in [0.05, 0.1) is 11.7 Å². The summed E-state index contributed by atoms with van der Waals surface area (Å²) in [5.41, 5.74) is 2.43. The van der Waals surface area contributed by atoms with Crippen molar-refractivity contribution in [3.05, 3.63) is 35.4 Å². The van der Waals surface area contributed by atoms with Gasteiger partial charge in [-0.15, -0.1) is 0 Å². The van der Waals surface area contributed by atoms with Gasteiger partial charge in [0.15, 0.2) is 0 Å². The van der Waals surface area contributed by atoms with Crippen LogP contribution in [0.25, 0.3) is 0 Å². The SMILES string of the molecule is CC(C)(C)c1cc(C(=O)N2CCCCC2c2ccn[nH]2)n[nH]1. The zero-order valence-corrected chi connectivity index (χ0v) is 13.4. The highest BCUT2D eigenvalue weighted by atomic mass is 16.2. The van der Waals surface area contributed by atoms with Crippen molar-refractivity contribution in [3.8, 4) is 0 Å². The third kappa shape index (κ3) is 2.77. The summed E-state index contributed by atoms with van der Waals surface area (Å²) < 4.78 is 0. The molecule has 0 spiro atoms. The maximum Gasteiger partial charge on any atom is 0.274 e. The van der Waals surface area contributed by atoms with Crippen LogP contribution in [-0.2, 0) is 5.41 Å². The standard InChI is InChI=1S/C16H23N5O/c1-16(2,3)14-10-12(19-20-14)15(22)21-9-5-4-6-13(21)11-7-8-17-18-11/h7-8,10,13H,4-6,9H2,1-3H3,(H,17,18)(H,19,20). The average molecular weight is 301 g/mol. The summed E-state index contributed by atoms with van der Waals surface area (Å²) in [7, 11) is 0. The molecule has 0 bridgehead atoms. The Morgan fingerprint density at radius 3 is 2.77 bits per heavy atom. The molecule has 2 aromatic rings. The molecule has 1 aliphatic rings. The van der Waals surface area contributed by atoms with E-state index < -0.39 is 0 Å². The van der Waals surface area contributed by atoms with E-state index in [2.05, 4.69) is 41.2 Å². The molecular formula is C16H23N5O. The van der Waals surface area contributed by atoms with Crippen LogP contribution >= 0.6 is 0 Å². The summed E-state index contributed by atoms with van der Waals surface area (Å²) in [6.07, 6.45) is 4.86. The number of nitrogens with zero attached hydrogens (tertiary/aromatic N) is 3. The first kappa shape index (κ1) is 14.8. The first-order valence-corrected chi connectivity index (χ1v) is 7.83. The Kier molecular flexibility index (Phi) is 3.76. The van der Waals surface area contributed by atoms with Gasteiger partial charge in [-0.3, -0.25) is 15.0 Å². The molecule has 3 heterocycles. The quantitative estimate of drug-likeness (QED) is 0.895. The van der Waals surface area contributed by atoms with E-state index in [0.29, 0.717) is 5.69 Å². The van der Waals surface area contributed by atoms with Gasteiger partial charge in [-0.05, 0) is 31.4 Å². The molecule has 0 saturated carbocycles. The van der Waals surface area contributed by atoms with Gasteiger partial charge in [0, 0.05) is 23.9 Å². The van der Waals surface area contributed by atoms with Crippen molar-refractivity contribution in [3.63, 3.8) is 0 Å². The van der Waals surface area contributed by atoms with Gasteiger partial charge in [-0.2, -0.15) is 10.2 Å². The third-order valence-electron chi connectivity index (χ3n) is 4.25. The lowest BCUT2D eigenvalue weighted by atomic mass is 9.92. The Morgan fingerprint density at radius 1 is 1.32 bits per heavy atom. The van der Waals surface area contributed by atoms with Gasteiger partial charge >= 0.3 is 0 Å². The predicted molar refractivity (Wildman–Crippen MR) is 83.5 cm³/mol. The van der Waals surface area contributed by atoms with E-state index in [9.17, 15) is 4.79 Å². The molecule has 1 fully saturated rings. The largest absolute Gasteiger partial charge is 0.329 e. The van der Waals surface area contributed by atoms with E-state index in [1.165, 1.54) is 0 Å². The Bertz CT molecular complexity index is 638. The number of nitrogens with one attached hydrogen (secondary N) is 2. The van der Waals surface area contributed by atoms with Crippen LogP contribution in [0.5, 0.6) is 0 Å². The fourth-order valence-electron chi connectivity index (χ4n) is 2.91. The number of carbonyl (C=O) groups is 1. The second-order valence-electron chi connectivity index (χ2n) is 6.94. The minimum absolute atomic E-state index is 0.00829. The van der Waals surface area contributed by atoms with Gasteiger partial charge in [-0.25, -0.2) is 0 Å². The topological polar surface area (TPSA) is 77.7 Å². The van der Waals surface area contributed by atoms with Gasteiger partial charge in [0.25, 0.3) is 5.91 Å². The first-order chi connectivity index (χ1) is 10.5. The molecule has 2 aromatic heterocycles. The van der Waals surface area contributed by atoms with Crippen molar-refractivity contribution in [1.82, 2.24) is 25.3 Å². The van der Waals surface area contributed by atoms with Crippen molar-refractivity contribution >= 4 is 5.91 Å². The summed E-state index contributed by atoms with van der Waals surface area (Å²) in [6.45, 7) is 7.06. The van der Waals surface area contributed by atoms with Gasteiger partial charge in [0.1, 0.15) is 5.69 Å². The number of aromatic amines is 2. The number of rotatable bonds is 2. The Labute approximate surface area is 130 Å². The number of amides is 1. The van der Waals surface area contributed by atoms with E-state index in [0.717, 1.165) is 37.2 Å². The lowest BCUT2D eigenvalue weighted by Gasteiger charge is -2.34. The minimum atomic E-state index is -0.0454. The van der Waals surface area contributed by atoms with Crippen LogP contribution < -0.4 is 0 Å². The lowest BCUT2D eigenvalue weighted by Crippen LogP contribution is -2.38. The van der Waals surface area contributed by atoms with E-state index in [-0.39, 0.29) is 17.4 Å². The molecule has 6 nitrogen and oxygen atoms in total. The smallest absolute Gasteiger partial charge is 0.274 e. The average Bonchev–Trinajstić information content (AvgIpc) is 3.17. The van der Waals surface area contributed by atoms with E-state index in [4.69, 9.17) is 0 Å². The normalized spacial score (nSPS) is 19.4. The van der Waals surface area contributed by atoms with Crippen molar-refractivity contribution in [2.24, 2.45) is 0 Å². The highest BCUT2D eigenvalue weighted by molar-refractivity contribution is 5.92. The Balaban J connectivity index is 1.84. The number of H-pyrrole nitrogens is 2. The van der Waals surface area contributed by atoms with Gasteiger partial charge in [0.2, 0.25) is 0 Å². The van der Waals surface area contributed by atoms with Crippen LogP contribution in [-0.4, -0.2) is 37.7 Å². The molecule has 6 heteroatoms. The number of piperidine rings is 1. The molecule has 1 atom stereocenters. The second-order valence-corrected chi connectivity index (χ2v) is 6.94. The third-order valence-corrected chi connectivity index (χ3v) is 4.25. The minimum Gasteiger partial charge on any atom is -0.329 e. The molecular weight excluding hydrogens is 278 g/mol. The molecule has 0 aliphatic carbocycles. The lowest BCUT2D eigenvalue weighted by molar-refractivity contribution is 0.0600. The zero-order chi connectivity index (χ0) is 15.7. The fraction of sp³-hybridized carbons (Fsp3) is 0.562. The van der Waals surface area contributed by atoms with Crippen LogP contribution in [0, 0.1) is 0 Å². The monoisotopic (exact) mass is 301 g/mol. The van der Waals surface area contributed by atoms with Crippen molar-refractivity contribution in [1.29, 1.82) is 0 Å². The van der Waals surface area contributed by atoms with Crippen molar-refractivity contribution < 1.29 is 4.79 Å². The molecule has 0 aromatic carbocycles. The van der Waals surface area contributed by atoms with Gasteiger partial charge < -0.3 is 4.90 Å². The molecule has 2 N–H and O–H groups in total. The highest BCUT2D eigenvalue weighted by Crippen LogP contribution is 2.31. The molecule has 1 aliphatic heterocycles. The molecule has 0 radical (unpaired) electrons. The molecule has 1 amide bonds. The summed E-state index contributed by atoms with van der Waals surface area (Å²) in [5, 5.41) is 14.2. The predicted octanol–water partition coefficient (Wildman–Crippen LogP) is 2.80. The summed E-state index contributed by atoms with van der Waals surface area (Å²) in [6, 6.07) is 3.89. The molecule has 1 saturated heterocycles. The molecule has 3 rings (SSSR count). The van der Waals surface area contributed by atoms with E-state index >= 15 is 0 Å². The zero-order valence-electron chi connectivity index (χ0n) is 13.4. The van der Waals surface area contributed by atoms with Crippen molar-refractivity contribution in [2.75, 3.05) is 6.54 Å². The molecule has 22 heavy (non-hydrogen) atoms. The summed E-state index contributed by atoms with van der Waals surface area (Å²) in [5.74, 6) is -0.00829. The Morgan fingerprint density at radius 2 is 2.14 bits per heavy atom. The van der Waals surface area contributed by atoms with E-state index in [1.807, 2.05) is 17.0 Å². The number of carbonyl (C=O) groups excluding carboxylic acids is 1.